The van der Waals surface area contributed by atoms with E-state index in [4.69, 9.17) is 0 Å². The molecule has 5 nitrogen and oxygen atoms in total. The van der Waals surface area contributed by atoms with Gasteiger partial charge >= 0.3 is 0 Å². The first kappa shape index (κ1) is 14.4. The number of pyridine rings is 1. The van der Waals surface area contributed by atoms with E-state index in [1.807, 2.05) is 19.2 Å². The molecule has 0 bridgehead atoms. The second-order valence-electron chi connectivity index (χ2n) is 4.39. The fraction of sp³-hybridized carbons (Fsp3) is 0.538. The van der Waals surface area contributed by atoms with Crippen molar-refractivity contribution in [2.24, 2.45) is 0 Å². The van der Waals surface area contributed by atoms with Gasteiger partial charge in [-0.15, -0.1) is 0 Å². The van der Waals surface area contributed by atoms with Crippen LogP contribution < -0.4 is 5.32 Å². The summed E-state index contributed by atoms with van der Waals surface area (Å²) >= 11 is 0. The Kier molecular flexibility index (Phi) is 5.58. The highest BCUT2D eigenvalue weighted by molar-refractivity contribution is 5.77. The molecule has 0 saturated heterocycles. The van der Waals surface area contributed by atoms with Crippen LogP contribution in [0.15, 0.2) is 18.3 Å². The highest BCUT2D eigenvalue weighted by atomic mass is 16.2. The van der Waals surface area contributed by atoms with Crippen molar-refractivity contribution in [1.82, 2.24) is 14.8 Å². The normalized spacial score (nSPS) is 10.5. The molecule has 1 N–H and O–H groups in total. The van der Waals surface area contributed by atoms with Crippen LogP contribution in [0, 0.1) is 0 Å². The van der Waals surface area contributed by atoms with Crippen molar-refractivity contribution < 1.29 is 4.79 Å². The first-order valence-electron chi connectivity index (χ1n) is 6.12. The molecule has 1 heterocycles. The predicted octanol–water partition coefficient (Wildman–Crippen LogP) is 1.03. The van der Waals surface area contributed by atoms with E-state index in [-0.39, 0.29) is 5.91 Å². The maximum absolute atomic E-state index is 11.7. The molecule has 1 aromatic rings. The lowest BCUT2D eigenvalue weighted by atomic mass is 10.2. The largest absolute Gasteiger partial charge is 0.373 e. The second kappa shape index (κ2) is 6.96. The van der Waals surface area contributed by atoms with Gasteiger partial charge in [0.05, 0.1) is 6.54 Å². The van der Waals surface area contributed by atoms with E-state index in [1.165, 1.54) is 0 Å². The van der Waals surface area contributed by atoms with E-state index in [0.717, 1.165) is 24.5 Å². The zero-order valence-electron chi connectivity index (χ0n) is 11.6. The van der Waals surface area contributed by atoms with Crippen molar-refractivity contribution in [1.29, 1.82) is 0 Å². The Morgan fingerprint density at radius 3 is 2.72 bits per heavy atom. The van der Waals surface area contributed by atoms with Gasteiger partial charge in [0.1, 0.15) is 5.82 Å². The molecule has 0 aromatic carbocycles. The van der Waals surface area contributed by atoms with Crippen LogP contribution in [-0.2, 0) is 11.3 Å². The van der Waals surface area contributed by atoms with Gasteiger partial charge in [0.2, 0.25) is 5.91 Å². The predicted molar refractivity (Wildman–Crippen MR) is 73.4 cm³/mol. The van der Waals surface area contributed by atoms with Crippen LogP contribution in [0.4, 0.5) is 5.82 Å². The fourth-order valence-electron chi connectivity index (χ4n) is 1.58. The molecule has 1 aromatic heterocycles. The molecule has 0 spiro atoms. The number of anilines is 1. The van der Waals surface area contributed by atoms with Crippen molar-refractivity contribution in [3.63, 3.8) is 0 Å². The topological polar surface area (TPSA) is 48.5 Å². The summed E-state index contributed by atoms with van der Waals surface area (Å²) in [6.45, 7) is 4.11. The van der Waals surface area contributed by atoms with Gasteiger partial charge in [-0.25, -0.2) is 4.98 Å². The number of carbonyl (C=O) groups is 1. The number of aromatic nitrogens is 1. The molecular weight excluding hydrogens is 228 g/mol. The van der Waals surface area contributed by atoms with E-state index in [1.54, 1.807) is 25.2 Å². The van der Waals surface area contributed by atoms with Gasteiger partial charge in [-0.3, -0.25) is 9.69 Å². The summed E-state index contributed by atoms with van der Waals surface area (Å²) in [6, 6.07) is 3.98. The maximum atomic E-state index is 11.7. The molecule has 0 unspecified atom stereocenters. The lowest BCUT2D eigenvalue weighted by Crippen LogP contribution is -2.36. The molecule has 0 fully saturated rings. The molecule has 18 heavy (non-hydrogen) atoms. The summed E-state index contributed by atoms with van der Waals surface area (Å²) < 4.78 is 0. The lowest BCUT2D eigenvalue weighted by molar-refractivity contribution is -0.130. The Bertz CT molecular complexity index is 392. The molecule has 0 atom stereocenters. The van der Waals surface area contributed by atoms with Gasteiger partial charge in [0, 0.05) is 33.9 Å². The first-order valence-corrected chi connectivity index (χ1v) is 6.12. The van der Waals surface area contributed by atoms with Crippen molar-refractivity contribution in [2.75, 3.05) is 39.5 Å². The van der Waals surface area contributed by atoms with E-state index in [2.05, 4.69) is 22.1 Å². The van der Waals surface area contributed by atoms with Crippen LogP contribution >= 0.6 is 0 Å². The van der Waals surface area contributed by atoms with Gasteiger partial charge < -0.3 is 10.2 Å². The van der Waals surface area contributed by atoms with Gasteiger partial charge in [-0.05, 0) is 24.2 Å². The highest BCUT2D eigenvalue weighted by Gasteiger charge is 2.11. The number of nitrogens with zero attached hydrogens (tertiary/aromatic N) is 3. The highest BCUT2D eigenvalue weighted by Crippen LogP contribution is 2.09. The molecule has 1 rings (SSSR count). The summed E-state index contributed by atoms with van der Waals surface area (Å²) in [4.78, 5) is 19.6. The number of amides is 1. The van der Waals surface area contributed by atoms with Crippen LogP contribution in [-0.4, -0.2) is 54.9 Å². The van der Waals surface area contributed by atoms with Gasteiger partial charge in [-0.1, -0.05) is 6.92 Å². The minimum absolute atomic E-state index is 0.125. The van der Waals surface area contributed by atoms with Crippen LogP contribution in [0.1, 0.15) is 12.5 Å². The van der Waals surface area contributed by atoms with Crippen LogP contribution in [0.2, 0.25) is 0 Å². The molecule has 1 amide bonds. The molecular formula is C13H22N4O. The number of nitrogens with one attached hydrogen (secondary N) is 1. The van der Waals surface area contributed by atoms with Crippen molar-refractivity contribution >= 4 is 11.7 Å². The summed E-state index contributed by atoms with van der Waals surface area (Å²) in [5.74, 6) is 0.974. The second-order valence-corrected chi connectivity index (χ2v) is 4.39. The van der Waals surface area contributed by atoms with Gasteiger partial charge in [0.25, 0.3) is 0 Å². The molecule has 5 heteroatoms. The Balaban J connectivity index is 2.64. The summed E-state index contributed by atoms with van der Waals surface area (Å²) in [6.07, 6.45) is 1.78. The minimum atomic E-state index is 0.125. The standard InChI is InChI=1S/C13H22N4O/c1-5-17(10-13(18)16(3)4)9-11-6-7-15-12(8-11)14-2/h6-8H,5,9-10H2,1-4H3,(H,14,15). The average Bonchev–Trinajstić information content (AvgIpc) is 2.37. The first-order chi connectivity index (χ1) is 8.56. The Morgan fingerprint density at radius 2 is 2.17 bits per heavy atom. The third-order valence-electron chi connectivity index (χ3n) is 2.79. The van der Waals surface area contributed by atoms with Gasteiger partial charge in [-0.2, -0.15) is 0 Å². The summed E-state index contributed by atoms with van der Waals surface area (Å²) in [7, 11) is 5.41. The van der Waals surface area contributed by atoms with E-state index < -0.39 is 0 Å². The number of likely N-dealkylation sites (N-methyl/N-ethyl adjacent to an activating group) is 2. The van der Waals surface area contributed by atoms with Crippen molar-refractivity contribution in [3.05, 3.63) is 23.9 Å². The Labute approximate surface area is 109 Å². The number of carbonyl (C=O) groups excluding carboxylic acids is 1. The molecule has 100 valence electrons. The van der Waals surface area contributed by atoms with Crippen molar-refractivity contribution in [3.8, 4) is 0 Å². The summed E-state index contributed by atoms with van der Waals surface area (Å²) in [5, 5.41) is 3.01. The summed E-state index contributed by atoms with van der Waals surface area (Å²) in [5.41, 5.74) is 1.16. The van der Waals surface area contributed by atoms with Crippen LogP contribution in [0.25, 0.3) is 0 Å². The Morgan fingerprint density at radius 1 is 1.44 bits per heavy atom. The van der Waals surface area contributed by atoms with Gasteiger partial charge in [0.15, 0.2) is 0 Å². The molecule has 0 saturated carbocycles. The molecule has 0 radical (unpaired) electrons. The SMILES string of the molecule is CCN(CC(=O)N(C)C)Cc1ccnc(NC)c1. The van der Waals surface area contributed by atoms with Crippen LogP contribution in [0.3, 0.4) is 0 Å². The third-order valence-corrected chi connectivity index (χ3v) is 2.79. The zero-order valence-corrected chi connectivity index (χ0v) is 11.6. The number of rotatable bonds is 6. The van der Waals surface area contributed by atoms with E-state index in [9.17, 15) is 4.79 Å². The number of hydrogen-bond acceptors (Lipinski definition) is 4. The van der Waals surface area contributed by atoms with E-state index in [0.29, 0.717) is 6.54 Å². The zero-order chi connectivity index (χ0) is 13.5. The Hall–Kier alpha value is -1.62. The van der Waals surface area contributed by atoms with E-state index >= 15 is 0 Å². The fourth-order valence-corrected chi connectivity index (χ4v) is 1.58. The minimum Gasteiger partial charge on any atom is -0.373 e. The van der Waals surface area contributed by atoms with Crippen LogP contribution in [0.5, 0.6) is 0 Å². The smallest absolute Gasteiger partial charge is 0.236 e. The number of hydrogen-bond donors (Lipinski definition) is 1. The molecule has 0 aliphatic heterocycles. The molecule has 0 aliphatic rings. The lowest BCUT2D eigenvalue weighted by Gasteiger charge is -2.22. The average molecular weight is 250 g/mol. The molecule has 0 aliphatic carbocycles. The third kappa shape index (κ3) is 4.33. The maximum Gasteiger partial charge on any atom is 0.236 e. The quantitative estimate of drug-likeness (QED) is 0.819. The monoisotopic (exact) mass is 250 g/mol. The van der Waals surface area contributed by atoms with Crippen molar-refractivity contribution in [2.45, 2.75) is 13.5 Å².